The number of hydrogen-bond donors (Lipinski definition) is 1. The number of amides is 1. The van der Waals surface area contributed by atoms with Crippen molar-refractivity contribution in [3.8, 4) is 0 Å². The summed E-state index contributed by atoms with van der Waals surface area (Å²) < 4.78 is 25.9. The summed E-state index contributed by atoms with van der Waals surface area (Å²) in [4.78, 5) is 12.6. The Morgan fingerprint density at radius 2 is 1.75 bits per heavy atom. The van der Waals surface area contributed by atoms with E-state index < -0.39 is 16.1 Å². The lowest BCUT2D eigenvalue weighted by Crippen LogP contribution is -2.48. The molecule has 0 fully saturated rings. The third-order valence-electron chi connectivity index (χ3n) is 4.43. The Balaban J connectivity index is 2.04. The van der Waals surface area contributed by atoms with Crippen LogP contribution >= 0.6 is 11.6 Å². The molecule has 1 atom stereocenters. The topological polar surface area (TPSA) is 66.5 Å². The van der Waals surface area contributed by atoms with Crippen molar-refractivity contribution in [2.24, 2.45) is 0 Å². The Morgan fingerprint density at radius 3 is 2.32 bits per heavy atom. The van der Waals surface area contributed by atoms with Crippen LogP contribution in [0.5, 0.6) is 0 Å². The number of aryl methyl sites for hydroxylation is 3. The van der Waals surface area contributed by atoms with Crippen LogP contribution in [0.1, 0.15) is 30.0 Å². The molecule has 2 aromatic carbocycles. The van der Waals surface area contributed by atoms with E-state index in [0.29, 0.717) is 23.7 Å². The molecule has 0 aliphatic rings. The van der Waals surface area contributed by atoms with Crippen molar-refractivity contribution in [3.63, 3.8) is 0 Å². The number of sulfonamides is 1. The fourth-order valence-electron chi connectivity index (χ4n) is 3.23. The number of carbonyl (C=O) groups is 1. The minimum absolute atomic E-state index is 0.330. The van der Waals surface area contributed by atoms with Crippen molar-refractivity contribution in [1.82, 2.24) is 5.32 Å². The number of nitrogens with zero attached hydrogens (tertiary/aromatic N) is 1. The van der Waals surface area contributed by atoms with E-state index in [1.807, 2.05) is 44.2 Å². The summed E-state index contributed by atoms with van der Waals surface area (Å²) in [5, 5.41) is 3.54. The highest BCUT2D eigenvalue weighted by Crippen LogP contribution is 2.24. The van der Waals surface area contributed by atoms with Gasteiger partial charge in [0.2, 0.25) is 15.9 Å². The van der Waals surface area contributed by atoms with Gasteiger partial charge >= 0.3 is 0 Å². The molecule has 0 aliphatic carbocycles. The lowest BCUT2D eigenvalue weighted by Gasteiger charge is -2.28. The Labute approximate surface area is 172 Å². The minimum atomic E-state index is -3.62. The number of nitrogens with one attached hydrogen (secondary N) is 1. The molecule has 5 nitrogen and oxygen atoms in total. The quantitative estimate of drug-likeness (QED) is 0.657. The molecule has 0 bridgehead atoms. The van der Waals surface area contributed by atoms with Crippen molar-refractivity contribution < 1.29 is 13.2 Å². The first-order valence-corrected chi connectivity index (χ1v) is 11.4. The summed E-state index contributed by atoms with van der Waals surface area (Å²) in [6, 6.07) is 12.3. The van der Waals surface area contributed by atoms with Crippen LogP contribution < -0.4 is 9.62 Å². The van der Waals surface area contributed by atoms with Crippen molar-refractivity contribution in [1.29, 1.82) is 0 Å². The van der Waals surface area contributed by atoms with E-state index in [2.05, 4.69) is 5.32 Å². The molecule has 0 heterocycles. The summed E-state index contributed by atoms with van der Waals surface area (Å²) >= 11 is 6.14. The van der Waals surface area contributed by atoms with E-state index >= 15 is 0 Å². The van der Waals surface area contributed by atoms with E-state index in [9.17, 15) is 13.2 Å². The van der Waals surface area contributed by atoms with Gasteiger partial charge in [-0.3, -0.25) is 9.10 Å². The molecule has 0 spiro atoms. The molecule has 0 saturated heterocycles. The summed E-state index contributed by atoms with van der Waals surface area (Å²) in [7, 11) is -3.62. The first kappa shape index (κ1) is 22.2. The van der Waals surface area contributed by atoms with E-state index in [1.54, 1.807) is 19.1 Å². The average Bonchev–Trinajstić information content (AvgIpc) is 2.58. The number of anilines is 1. The van der Waals surface area contributed by atoms with Gasteiger partial charge in [-0.15, -0.1) is 0 Å². The second-order valence-corrected chi connectivity index (χ2v) is 9.33. The lowest BCUT2D eigenvalue weighted by molar-refractivity contribution is -0.121. The van der Waals surface area contributed by atoms with Gasteiger partial charge in [-0.25, -0.2) is 8.42 Å². The maximum Gasteiger partial charge on any atom is 0.243 e. The highest BCUT2D eigenvalue weighted by atomic mass is 35.5. The van der Waals surface area contributed by atoms with Gasteiger partial charge in [-0.05, 0) is 68.5 Å². The third-order valence-corrected chi connectivity index (χ3v) is 6.04. The normalized spacial score (nSPS) is 12.5. The average molecular weight is 423 g/mol. The number of benzene rings is 2. The van der Waals surface area contributed by atoms with Crippen LogP contribution in [-0.2, 0) is 21.2 Å². The van der Waals surface area contributed by atoms with E-state index in [0.717, 1.165) is 29.4 Å². The molecule has 1 amide bonds. The summed E-state index contributed by atoms with van der Waals surface area (Å²) in [6.07, 6.45) is 2.57. The molecule has 28 heavy (non-hydrogen) atoms. The maximum absolute atomic E-state index is 12.6. The Bertz CT molecular complexity index is 924. The number of rotatable bonds is 8. The predicted octanol–water partition coefficient (Wildman–Crippen LogP) is 3.86. The highest BCUT2D eigenvalue weighted by Gasteiger charge is 2.29. The first-order chi connectivity index (χ1) is 13.1. The van der Waals surface area contributed by atoms with E-state index in [-0.39, 0.29) is 5.91 Å². The third kappa shape index (κ3) is 5.97. The second-order valence-electron chi connectivity index (χ2n) is 7.07. The van der Waals surface area contributed by atoms with Crippen LogP contribution in [-0.4, -0.2) is 33.2 Å². The number of halogens is 1. The molecule has 1 N–H and O–H groups in total. The summed E-state index contributed by atoms with van der Waals surface area (Å²) in [5.74, 6) is -0.330. The molecular weight excluding hydrogens is 396 g/mol. The van der Waals surface area contributed by atoms with Crippen LogP contribution in [0.25, 0.3) is 0 Å². The zero-order valence-electron chi connectivity index (χ0n) is 16.7. The summed E-state index contributed by atoms with van der Waals surface area (Å²) in [5.41, 5.74) is 3.41. The van der Waals surface area contributed by atoms with E-state index in [1.165, 1.54) is 4.31 Å². The van der Waals surface area contributed by atoms with Gasteiger partial charge in [0, 0.05) is 11.6 Å². The van der Waals surface area contributed by atoms with Gasteiger partial charge < -0.3 is 5.32 Å². The first-order valence-electron chi connectivity index (χ1n) is 9.18. The molecule has 2 aromatic rings. The Hall–Kier alpha value is -2.05. The van der Waals surface area contributed by atoms with Crippen LogP contribution in [0.4, 0.5) is 5.69 Å². The monoisotopic (exact) mass is 422 g/mol. The van der Waals surface area contributed by atoms with Crippen molar-refractivity contribution in [2.45, 2.75) is 39.7 Å². The van der Waals surface area contributed by atoms with Crippen molar-refractivity contribution in [3.05, 3.63) is 64.2 Å². The molecule has 0 unspecified atom stereocenters. The van der Waals surface area contributed by atoms with Crippen molar-refractivity contribution >= 4 is 33.2 Å². The van der Waals surface area contributed by atoms with Crippen molar-refractivity contribution in [2.75, 3.05) is 17.1 Å². The zero-order chi connectivity index (χ0) is 20.9. The Morgan fingerprint density at radius 1 is 1.14 bits per heavy atom. The number of carbonyl (C=O) groups excluding carboxylic acids is 1. The van der Waals surface area contributed by atoms with Crippen LogP contribution in [0.15, 0.2) is 42.5 Å². The summed E-state index contributed by atoms with van der Waals surface area (Å²) in [6.45, 7) is 5.84. The van der Waals surface area contributed by atoms with Crippen LogP contribution in [0, 0.1) is 13.8 Å². The second kappa shape index (κ2) is 9.43. The molecule has 0 aromatic heterocycles. The molecule has 0 radical (unpaired) electrons. The van der Waals surface area contributed by atoms with E-state index in [4.69, 9.17) is 11.6 Å². The lowest BCUT2D eigenvalue weighted by atomic mass is 10.1. The van der Waals surface area contributed by atoms with Gasteiger partial charge in [0.15, 0.2) is 0 Å². The van der Waals surface area contributed by atoms with Gasteiger partial charge in [0.1, 0.15) is 6.04 Å². The molecule has 7 heteroatoms. The van der Waals surface area contributed by atoms with Gasteiger partial charge in [-0.1, -0.05) is 35.9 Å². The number of hydrogen-bond acceptors (Lipinski definition) is 3. The molecule has 0 saturated carbocycles. The van der Waals surface area contributed by atoms with Crippen LogP contribution in [0.2, 0.25) is 5.02 Å². The smallest absolute Gasteiger partial charge is 0.243 e. The van der Waals surface area contributed by atoms with Gasteiger partial charge in [-0.2, -0.15) is 0 Å². The van der Waals surface area contributed by atoms with Gasteiger partial charge in [0.05, 0.1) is 11.9 Å². The predicted molar refractivity (Wildman–Crippen MR) is 115 cm³/mol. The minimum Gasteiger partial charge on any atom is -0.354 e. The van der Waals surface area contributed by atoms with Crippen LogP contribution in [0.3, 0.4) is 0 Å². The molecule has 2 rings (SSSR count). The fourth-order valence-corrected chi connectivity index (χ4v) is 4.61. The molecule has 152 valence electrons. The highest BCUT2D eigenvalue weighted by molar-refractivity contribution is 7.92. The Kier molecular flexibility index (Phi) is 7.49. The SMILES string of the molecule is Cc1cc(C)cc(N([C@@H](C)C(=O)NCCCc2ccccc2Cl)S(C)(=O)=O)c1. The molecule has 0 aliphatic heterocycles. The maximum atomic E-state index is 12.6. The largest absolute Gasteiger partial charge is 0.354 e. The standard InChI is InChI=1S/C21H27ClN2O3S/c1-15-12-16(2)14-19(13-15)24(28(4,26)27)17(3)21(25)23-11-7-9-18-8-5-6-10-20(18)22/h5-6,8,10,12-14,17H,7,9,11H2,1-4H3,(H,23,25)/t17-/m0/s1. The zero-order valence-corrected chi connectivity index (χ0v) is 18.3. The molecular formula is C21H27ClN2O3S. The fraction of sp³-hybridized carbons (Fsp3) is 0.381. The van der Waals surface area contributed by atoms with Gasteiger partial charge in [0.25, 0.3) is 0 Å².